The lowest BCUT2D eigenvalue weighted by molar-refractivity contribution is 0.412. The lowest BCUT2D eigenvalue weighted by Crippen LogP contribution is -2.42. The zero-order valence-electron chi connectivity index (χ0n) is 11.3. The van der Waals surface area contributed by atoms with E-state index in [0.29, 0.717) is 5.96 Å². The number of hydrogen-bond donors (Lipinski definition) is 2. The van der Waals surface area contributed by atoms with Gasteiger partial charge in [-0.05, 0) is 24.1 Å². The van der Waals surface area contributed by atoms with E-state index < -0.39 is 0 Å². The molecule has 18 heavy (non-hydrogen) atoms. The van der Waals surface area contributed by atoms with E-state index in [0.717, 1.165) is 30.8 Å². The van der Waals surface area contributed by atoms with Gasteiger partial charge in [0.1, 0.15) is 5.75 Å². The highest BCUT2D eigenvalue weighted by molar-refractivity contribution is 5.79. The molecule has 0 heterocycles. The molecule has 0 bridgehead atoms. The van der Waals surface area contributed by atoms with Gasteiger partial charge < -0.3 is 9.64 Å². The fourth-order valence-corrected chi connectivity index (χ4v) is 1.61. The number of rotatable bonds is 5. The van der Waals surface area contributed by atoms with Crippen LogP contribution in [0.5, 0.6) is 5.75 Å². The zero-order chi connectivity index (χ0) is 13.4. The van der Waals surface area contributed by atoms with Crippen molar-refractivity contribution in [1.82, 2.24) is 10.3 Å². The maximum Gasteiger partial charge on any atom is 0.208 e. The van der Waals surface area contributed by atoms with Crippen molar-refractivity contribution in [2.75, 3.05) is 20.7 Å². The van der Waals surface area contributed by atoms with Gasteiger partial charge in [-0.15, -0.1) is 0 Å². The summed E-state index contributed by atoms with van der Waals surface area (Å²) in [7, 11) is 3.62. The predicted octanol–water partition coefficient (Wildman–Crippen LogP) is 1.36. The van der Waals surface area contributed by atoms with Gasteiger partial charge in [-0.2, -0.15) is 0 Å². The number of hydrogen-bond acceptors (Lipinski definition) is 3. The quantitative estimate of drug-likeness (QED) is 0.358. The van der Waals surface area contributed by atoms with Crippen LogP contribution in [0, 0.1) is 0 Å². The Morgan fingerprint density at radius 1 is 1.50 bits per heavy atom. The van der Waals surface area contributed by atoms with Gasteiger partial charge in [0.05, 0.1) is 7.11 Å². The highest BCUT2D eigenvalue weighted by Gasteiger charge is 2.05. The third kappa shape index (κ3) is 4.25. The molecule has 100 valence electrons. The molecule has 0 aliphatic heterocycles. The number of guanidine groups is 1. The number of hydrazine groups is 1. The molecule has 0 unspecified atom stereocenters. The van der Waals surface area contributed by atoms with Crippen LogP contribution in [0.1, 0.15) is 18.9 Å². The van der Waals surface area contributed by atoms with Crippen LogP contribution in [0.25, 0.3) is 0 Å². The van der Waals surface area contributed by atoms with E-state index in [1.54, 1.807) is 7.11 Å². The molecule has 0 saturated heterocycles. The molecule has 3 N–H and O–H groups in total. The van der Waals surface area contributed by atoms with E-state index in [-0.39, 0.29) is 0 Å². The topological polar surface area (TPSA) is 62.9 Å². The van der Waals surface area contributed by atoms with Gasteiger partial charge >= 0.3 is 0 Å². The fraction of sp³-hybridized carbons (Fsp3) is 0.462. The zero-order valence-corrected chi connectivity index (χ0v) is 11.3. The summed E-state index contributed by atoms with van der Waals surface area (Å²) in [4.78, 5) is 6.35. The molecule has 0 fully saturated rings. The van der Waals surface area contributed by atoms with Gasteiger partial charge in [-0.1, -0.05) is 19.1 Å². The van der Waals surface area contributed by atoms with Crippen molar-refractivity contribution in [2.24, 2.45) is 10.8 Å². The third-order valence-corrected chi connectivity index (χ3v) is 2.53. The maximum absolute atomic E-state index is 5.48. The van der Waals surface area contributed by atoms with E-state index in [1.165, 1.54) is 0 Å². The molecule has 0 radical (unpaired) electrons. The Bertz CT molecular complexity index is 392. The molecule has 0 aliphatic rings. The van der Waals surface area contributed by atoms with Gasteiger partial charge in [0, 0.05) is 20.1 Å². The monoisotopic (exact) mass is 250 g/mol. The fourth-order valence-electron chi connectivity index (χ4n) is 1.61. The van der Waals surface area contributed by atoms with Crippen LogP contribution in [0.3, 0.4) is 0 Å². The van der Waals surface area contributed by atoms with Crippen LogP contribution in [0.2, 0.25) is 0 Å². The number of nitrogens with two attached hydrogens (primary N) is 1. The normalized spacial score (nSPS) is 11.2. The van der Waals surface area contributed by atoms with Crippen LogP contribution in [0.15, 0.2) is 29.3 Å². The summed E-state index contributed by atoms with van der Waals surface area (Å²) in [6, 6.07) is 7.95. The second kappa shape index (κ2) is 7.55. The first-order valence-corrected chi connectivity index (χ1v) is 6.06. The Kier molecular flexibility index (Phi) is 6.00. The highest BCUT2D eigenvalue weighted by Crippen LogP contribution is 2.13. The van der Waals surface area contributed by atoms with E-state index in [2.05, 4.69) is 17.3 Å². The first-order valence-electron chi connectivity index (χ1n) is 6.06. The smallest absolute Gasteiger partial charge is 0.208 e. The van der Waals surface area contributed by atoms with E-state index >= 15 is 0 Å². The molecule has 0 amide bonds. The first kappa shape index (κ1) is 14.3. The average Bonchev–Trinajstić information content (AvgIpc) is 2.40. The van der Waals surface area contributed by atoms with Crippen LogP contribution < -0.4 is 16.0 Å². The highest BCUT2D eigenvalue weighted by atomic mass is 16.5. The second-order valence-corrected chi connectivity index (χ2v) is 4.06. The largest absolute Gasteiger partial charge is 0.497 e. The Morgan fingerprint density at radius 3 is 2.89 bits per heavy atom. The van der Waals surface area contributed by atoms with Crippen LogP contribution in [0.4, 0.5) is 0 Å². The minimum Gasteiger partial charge on any atom is -0.497 e. The molecule has 5 nitrogen and oxygen atoms in total. The van der Waals surface area contributed by atoms with Crippen molar-refractivity contribution in [3.8, 4) is 5.75 Å². The summed E-state index contributed by atoms with van der Waals surface area (Å²) < 4.78 is 5.20. The van der Waals surface area contributed by atoms with Crippen molar-refractivity contribution < 1.29 is 4.74 Å². The summed E-state index contributed by atoms with van der Waals surface area (Å²) in [5, 5.41) is 0. The van der Waals surface area contributed by atoms with Gasteiger partial charge in [-0.3, -0.25) is 10.4 Å². The number of nitrogens with one attached hydrogen (secondary N) is 1. The Labute approximate surface area is 109 Å². The lowest BCUT2D eigenvalue weighted by atomic mass is 10.2. The molecular weight excluding hydrogens is 228 g/mol. The minimum absolute atomic E-state index is 0.694. The van der Waals surface area contributed by atoms with Crippen LogP contribution in [-0.2, 0) is 6.54 Å². The summed E-state index contributed by atoms with van der Waals surface area (Å²) >= 11 is 0. The molecule has 1 aromatic rings. The van der Waals surface area contributed by atoms with Crippen molar-refractivity contribution in [3.63, 3.8) is 0 Å². The van der Waals surface area contributed by atoms with Crippen molar-refractivity contribution >= 4 is 5.96 Å². The summed E-state index contributed by atoms with van der Waals surface area (Å²) in [5.74, 6) is 7.03. The van der Waals surface area contributed by atoms with Crippen molar-refractivity contribution in [3.05, 3.63) is 29.8 Å². The first-order chi connectivity index (χ1) is 8.71. The third-order valence-electron chi connectivity index (χ3n) is 2.53. The summed E-state index contributed by atoms with van der Waals surface area (Å²) in [5.41, 5.74) is 3.78. The van der Waals surface area contributed by atoms with E-state index in [4.69, 9.17) is 10.6 Å². The number of ether oxygens (including phenoxy) is 1. The Morgan fingerprint density at radius 2 is 2.28 bits per heavy atom. The molecule has 0 aliphatic carbocycles. The van der Waals surface area contributed by atoms with Crippen LogP contribution in [-0.4, -0.2) is 31.6 Å². The molecule has 1 rings (SSSR count). The lowest BCUT2D eigenvalue weighted by Gasteiger charge is -2.20. The standard InChI is InChI=1S/C13H22N4O/c1-4-8-15-13(16-14)17(2)10-11-6-5-7-12(9-11)18-3/h5-7,9H,4,8,10,14H2,1-3H3,(H,15,16). The SMILES string of the molecule is CCCN=C(NN)N(C)Cc1cccc(OC)c1. The Hall–Kier alpha value is -1.75. The number of nitrogens with zero attached hydrogens (tertiary/aromatic N) is 2. The van der Waals surface area contributed by atoms with Crippen molar-refractivity contribution in [1.29, 1.82) is 0 Å². The summed E-state index contributed by atoms with van der Waals surface area (Å²) in [6.45, 7) is 3.58. The Balaban J connectivity index is 2.69. The average molecular weight is 250 g/mol. The van der Waals surface area contributed by atoms with Gasteiger partial charge in [-0.25, -0.2) is 5.84 Å². The predicted molar refractivity (Wildman–Crippen MR) is 74.4 cm³/mol. The maximum atomic E-state index is 5.48. The number of aliphatic imine (C=N–C) groups is 1. The van der Waals surface area contributed by atoms with Crippen LogP contribution >= 0.6 is 0 Å². The molecule has 0 aromatic heterocycles. The van der Waals surface area contributed by atoms with Gasteiger partial charge in [0.15, 0.2) is 0 Å². The van der Waals surface area contributed by atoms with E-state index in [1.807, 2.05) is 36.2 Å². The number of methoxy groups -OCH3 is 1. The molecular formula is C13H22N4O. The molecule has 1 aromatic carbocycles. The number of benzene rings is 1. The van der Waals surface area contributed by atoms with E-state index in [9.17, 15) is 0 Å². The minimum atomic E-state index is 0.694. The summed E-state index contributed by atoms with van der Waals surface area (Å²) in [6.07, 6.45) is 0.998. The molecule has 0 atom stereocenters. The van der Waals surface area contributed by atoms with Gasteiger partial charge in [0.2, 0.25) is 5.96 Å². The molecule has 5 heteroatoms. The second-order valence-electron chi connectivity index (χ2n) is 4.06. The molecule has 0 spiro atoms. The van der Waals surface area contributed by atoms with Crippen molar-refractivity contribution in [2.45, 2.75) is 19.9 Å². The molecule has 0 saturated carbocycles. The van der Waals surface area contributed by atoms with Gasteiger partial charge in [0.25, 0.3) is 0 Å².